The first-order chi connectivity index (χ1) is 15.0. The van der Waals surface area contributed by atoms with Crippen LogP contribution in [0.3, 0.4) is 0 Å². The van der Waals surface area contributed by atoms with Gasteiger partial charge in [-0.05, 0) is 49.2 Å². The summed E-state index contributed by atoms with van der Waals surface area (Å²) in [5.74, 6) is 0.273. The van der Waals surface area contributed by atoms with Crippen molar-refractivity contribution in [2.45, 2.75) is 18.5 Å². The predicted molar refractivity (Wildman–Crippen MR) is 121 cm³/mol. The van der Waals surface area contributed by atoms with E-state index in [-0.39, 0.29) is 5.69 Å². The van der Waals surface area contributed by atoms with Gasteiger partial charge in [0.2, 0.25) is 0 Å². The summed E-state index contributed by atoms with van der Waals surface area (Å²) in [6.07, 6.45) is 5.00. The topological polar surface area (TPSA) is 119 Å². The Morgan fingerprint density at radius 1 is 1.16 bits per heavy atom. The van der Waals surface area contributed by atoms with Crippen LogP contribution in [0.2, 0.25) is 0 Å². The molecule has 1 aliphatic heterocycles. The van der Waals surface area contributed by atoms with Crippen LogP contribution in [-0.4, -0.2) is 41.7 Å². The Labute approximate surface area is 181 Å². The van der Waals surface area contributed by atoms with Gasteiger partial charge in [0.25, 0.3) is 5.91 Å². The molecular formula is C23H26N6O2. The molecule has 4 rings (SSSR count). The Bertz CT molecular complexity index is 1070. The minimum atomic E-state index is -0.896. The molecule has 160 valence electrons. The highest BCUT2D eigenvalue weighted by atomic mass is 16.5. The number of hydrogen-bond acceptors (Lipinski definition) is 7. The van der Waals surface area contributed by atoms with Crippen LogP contribution in [0.25, 0.3) is 11.3 Å². The number of pyridine rings is 2. The standard InChI is InChI=1S/C23H26N6O2/c1-31-20-6-3-2-5-17(20)19-8-7-18(24)21(27-19)22(30)28-23(25)11-4-14-29(15-23)16-9-12-26-13-10-16/h2-3,5-10,12-13H,4,11,14-15,24-25H2,1H3,(H,28,30)/t23-/m0/s1. The number of carbonyl (C=O) groups is 1. The largest absolute Gasteiger partial charge is 0.496 e. The number of nitrogens with zero attached hydrogens (tertiary/aromatic N) is 3. The Morgan fingerprint density at radius 2 is 1.94 bits per heavy atom. The van der Waals surface area contributed by atoms with Crippen molar-refractivity contribution >= 4 is 17.3 Å². The number of nitrogens with two attached hydrogens (primary N) is 2. The quantitative estimate of drug-likeness (QED) is 0.544. The summed E-state index contributed by atoms with van der Waals surface area (Å²) < 4.78 is 5.42. The molecule has 2 aromatic heterocycles. The summed E-state index contributed by atoms with van der Waals surface area (Å²) in [4.78, 5) is 23.9. The number of hydrogen-bond donors (Lipinski definition) is 3. The van der Waals surface area contributed by atoms with Crippen molar-refractivity contribution in [2.75, 3.05) is 30.8 Å². The zero-order chi connectivity index (χ0) is 21.8. The van der Waals surface area contributed by atoms with E-state index < -0.39 is 11.6 Å². The predicted octanol–water partition coefficient (Wildman–Crippen LogP) is 2.42. The van der Waals surface area contributed by atoms with Crippen molar-refractivity contribution in [3.8, 4) is 17.0 Å². The van der Waals surface area contributed by atoms with Crippen LogP contribution in [0.5, 0.6) is 5.75 Å². The summed E-state index contributed by atoms with van der Waals surface area (Å²) in [5.41, 5.74) is 14.6. The number of ether oxygens (including phenoxy) is 1. The van der Waals surface area contributed by atoms with Gasteiger partial charge < -0.3 is 26.4 Å². The van der Waals surface area contributed by atoms with Crippen LogP contribution in [0.15, 0.2) is 60.9 Å². The van der Waals surface area contributed by atoms with Gasteiger partial charge in [-0.2, -0.15) is 0 Å². The fourth-order valence-electron chi connectivity index (χ4n) is 3.90. The van der Waals surface area contributed by atoms with Crippen LogP contribution in [0, 0.1) is 0 Å². The lowest BCUT2D eigenvalue weighted by Crippen LogP contribution is -2.64. The molecule has 1 atom stereocenters. The van der Waals surface area contributed by atoms with Crippen LogP contribution in [-0.2, 0) is 0 Å². The molecule has 31 heavy (non-hydrogen) atoms. The van der Waals surface area contributed by atoms with Gasteiger partial charge >= 0.3 is 0 Å². The van der Waals surface area contributed by atoms with Crippen molar-refractivity contribution < 1.29 is 9.53 Å². The van der Waals surface area contributed by atoms with Crippen molar-refractivity contribution in [1.82, 2.24) is 15.3 Å². The smallest absolute Gasteiger partial charge is 0.273 e. The number of nitrogens with one attached hydrogen (secondary N) is 1. The van der Waals surface area contributed by atoms with E-state index in [0.29, 0.717) is 30.1 Å². The van der Waals surface area contributed by atoms with Crippen molar-refractivity contribution in [1.29, 1.82) is 0 Å². The summed E-state index contributed by atoms with van der Waals surface area (Å²) in [5, 5.41) is 2.97. The third-order valence-corrected chi connectivity index (χ3v) is 5.44. The number of anilines is 2. The highest BCUT2D eigenvalue weighted by molar-refractivity contribution is 5.98. The summed E-state index contributed by atoms with van der Waals surface area (Å²) in [6.45, 7) is 1.34. The minimum Gasteiger partial charge on any atom is -0.496 e. The van der Waals surface area contributed by atoms with E-state index in [1.165, 1.54) is 0 Å². The summed E-state index contributed by atoms with van der Waals surface area (Å²) >= 11 is 0. The SMILES string of the molecule is COc1ccccc1-c1ccc(N)c(C(=O)N[C@@]2(N)CCCN(c3ccncc3)C2)n1. The van der Waals surface area contributed by atoms with Crippen molar-refractivity contribution in [2.24, 2.45) is 5.73 Å². The van der Waals surface area contributed by atoms with E-state index in [1.807, 2.05) is 36.4 Å². The fourth-order valence-corrected chi connectivity index (χ4v) is 3.90. The maximum absolute atomic E-state index is 13.1. The number of nitrogen functional groups attached to an aromatic ring is 1. The molecule has 5 N–H and O–H groups in total. The molecule has 1 aliphatic rings. The number of para-hydroxylation sites is 1. The lowest BCUT2D eigenvalue weighted by atomic mass is 9.98. The first-order valence-electron chi connectivity index (χ1n) is 10.2. The summed E-state index contributed by atoms with van der Waals surface area (Å²) in [6, 6.07) is 14.8. The molecule has 0 saturated carbocycles. The number of benzene rings is 1. The lowest BCUT2D eigenvalue weighted by Gasteiger charge is -2.41. The number of rotatable bonds is 5. The zero-order valence-corrected chi connectivity index (χ0v) is 17.4. The second-order valence-corrected chi connectivity index (χ2v) is 7.68. The number of piperidine rings is 1. The average molecular weight is 419 g/mol. The van der Waals surface area contributed by atoms with Crippen molar-refractivity contribution in [3.63, 3.8) is 0 Å². The van der Waals surface area contributed by atoms with Gasteiger partial charge in [-0.15, -0.1) is 0 Å². The molecule has 0 unspecified atom stereocenters. The van der Waals surface area contributed by atoms with E-state index >= 15 is 0 Å². The number of amides is 1. The third kappa shape index (κ3) is 4.44. The number of aromatic nitrogens is 2. The van der Waals surface area contributed by atoms with Gasteiger partial charge in [0.05, 0.1) is 25.0 Å². The number of methoxy groups -OCH3 is 1. The number of carbonyl (C=O) groups excluding carboxylic acids is 1. The Balaban J connectivity index is 1.57. The lowest BCUT2D eigenvalue weighted by molar-refractivity contribution is 0.0886. The van der Waals surface area contributed by atoms with Gasteiger partial charge in [-0.25, -0.2) is 4.98 Å². The molecule has 0 aliphatic carbocycles. The average Bonchev–Trinajstić information content (AvgIpc) is 2.79. The van der Waals surface area contributed by atoms with E-state index in [1.54, 1.807) is 31.6 Å². The molecule has 8 heteroatoms. The highest BCUT2D eigenvalue weighted by Gasteiger charge is 2.34. The normalized spacial score (nSPS) is 18.5. The first-order valence-corrected chi connectivity index (χ1v) is 10.2. The summed E-state index contributed by atoms with van der Waals surface area (Å²) in [7, 11) is 1.60. The molecule has 0 spiro atoms. The van der Waals surface area contributed by atoms with Crippen LogP contribution < -0.4 is 26.4 Å². The third-order valence-electron chi connectivity index (χ3n) is 5.44. The zero-order valence-electron chi connectivity index (χ0n) is 17.4. The molecule has 8 nitrogen and oxygen atoms in total. The van der Waals surface area contributed by atoms with Crippen molar-refractivity contribution in [3.05, 3.63) is 66.6 Å². The van der Waals surface area contributed by atoms with Gasteiger partial charge in [-0.3, -0.25) is 9.78 Å². The van der Waals surface area contributed by atoms with Gasteiger partial charge in [0.15, 0.2) is 5.69 Å². The Hall–Kier alpha value is -3.65. The van der Waals surface area contributed by atoms with Gasteiger partial charge in [-0.1, -0.05) is 12.1 Å². The van der Waals surface area contributed by atoms with Gasteiger partial charge in [0, 0.05) is 30.2 Å². The second-order valence-electron chi connectivity index (χ2n) is 7.68. The molecule has 1 saturated heterocycles. The molecule has 1 amide bonds. The maximum atomic E-state index is 13.1. The van der Waals surface area contributed by atoms with Crippen LogP contribution in [0.4, 0.5) is 11.4 Å². The second kappa shape index (κ2) is 8.61. The fraction of sp³-hybridized carbons (Fsp3) is 0.261. The molecule has 1 fully saturated rings. The monoisotopic (exact) mass is 418 g/mol. The van der Waals surface area contributed by atoms with E-state index in [0.717, 1.165) is 24.2 Å². The molecule has 1 aromatic carbocycles. The van der Waals surface area contributed by atoms with Crippen LogP contribution in [0.1, 0.15) is 23.3 Å². The molecule has 0 bridgehead atoms. The minimum absolute atomic E-state index is 0.147. The highest BCUT2D eigenvalue weighted by Crippen LogP contribution is 2.29. The molecular weight excluding hydrogens is 392 g/mol. The van der Waals surface area contributed by atoms with E-state index in [4.69, 9.17) is 16.2 Å². The van der Waals surface area contributed by atoms with Crippen LogP contribution >= 0.6 is 0 Å². The maximum Gasteiger partial charge on any atom is 0.273 e. The Morgan fingerprint density at radius 3 is 2.71 bits per heavy atom. The molecule has 3 heterocycles. The first kappa shape index (κ1) is 20.6. The van der Waals surface area contributed by atoms with Gasteiger partial charge in [0.1, 0.15) is 11.4 Å². The Kier molecular flexibility index (Phi) is 5.73. The molecule has 0 radical (unpaired) electrons. The van der Waals surface area contributed by atoms with E-state index in [2.05, 4.69) is 20.2 Å². The van der Waals surface area contributed by atoms with E-state index in [9.17, 15) is 4.79 Å². The molecule has 3 aromatic rings.